The molecule has 1 aliphatic rings. The summed E-state index contributed by atoms with van der Waals surface area (Å²) in [6.07, 6.45) is 2.93. The molecular formula is C14H14BrNO2S. The van der Waals surface area contributed by atoms with E-state index in [1.54, 1.807) is 11.3 Å². The Labute approximate surface area is 124 Å². The minimum Gasteiger partial charge on any atom is -0.493 e. The Hall–Kier alpha value is -0.910. The van der Waals surface area contributed by atoms with E-state index in [0.29, 0.717) is 5.92 Å². The Bertz CT molecular complexity index is 535. The number of benzene rings is 1. The zero-order valence-corrected chi connectivity index (χ0v) is 12.7. The van der Waals surface area contributed by atoms with Crippen LogP contribution in [0.3, 0.4) is 0 Å². The van der Waals surface area contributed by atoms with Crippen LogP contribution in [0, 0.1) is 5.92 Å². The minimum atomic E-state index is 0.537. The average molecular weight is 340 g/mol. The van der Waals surface area contributed by atoms with Gasteiger partial charge in [0.15, 0.2) is 0 Å². The summed E-state index contributed by atoms with van der Waals surface area (Å²) < 4.78 is 12.2. The van der Waals surface area contributed by atoms with Crippen LogP contribution in [0.5, 0.6) is 5.75 Å². The van der Waals surface area contributed by atoms with E-state index in [9.17, 15) is 0 Å². The third-order valence-electron chi connectivity index (χ3n) is 3.09. The first kappa shape index (κ1) is 13.1. The predicted octanol–water partition coefficient (Wildman–Crippen LogP) is 3.99. The lowest BCUT2D eigenvalue weighted by molar-refractivity contribution is 0.167. The van der Waals surface area contributed by atoms with Gasteiger partial charge in [-0.3, -0.25) is 0 Å². The van der Waals surface area contributed by atoms with E-state index in [2.05, 4.69) is 20.9 Å². The number of hydrogen-bond acceptors (Lipinski definition) is 4. The van der Waals surface area contributed by atoms with Crippen molar-refractivity contribution < 1.29 is 9.47 Å². The van der Waals surface area contributed by atoms with E-state index < -0.39 is 0 Å². The van der Waals surface area contributed by atoms with Crippen molar-refractivity contribution in [3.63, 3.8) is 0 Å². The molecule has 0 aliphatic carbocycles. The van der Waals surface area contributed by atoms with Gasteiger partial charge in [0.05, 0.1) is 23.2 Å². The molecule has 2 heterocycles. The zero-order chi connectivity index (χ0) is 13.1. The number of nitrogens with zero attached hydrogens (tertiary/aromatic N) is 1. The van der Waals surface area contributed by atoms with Crippen LogP contribution >= 0.6 is 27.3 Å². The molecule has 1 saturated heterocycles. The molecule has 0 bridgehead atoms. The Morgan fingerprint density at radius 2 is 2.21 bits per heavy atom. The smallest absolute Gasteiger partial charge is 0.124 e. The van der Waals surface area contributed by atoms with Crippen LogP contribution in [0.4, 0.5) is 0 Å². The first-order valence-electron chi connectivity index (χ1n) is 6.23. The molecule has 1 aromatic heterocycles. The molecule has 0 amide bonds. The lowest BCUT2D eigenvalue weighted by Gasteiger charge is -2.10. The number of halogens is 1. The predicted molar refractivity (Wildman–Crippen MR) is 79.7 cm³/mol. The van der Waals surface area contributed by atoms with Crippen LogP contribution in [-0.2, 0) is 4.74 Å². The summed E-state index contributed by atoms with van der Waals surface area (Å²) in [6.45, 7) is 2.43. The van der Waals surface area contributed by atoms with E-state index in [0.717, 1.165) is 46.3 Å². The molecule has 1 unspecified atom stereocenters. The van der Waals surface area contributed by atoms with Gasteiger partial charge >= 0.3 is 0 Å². The molecular weight excluding hydrogens is 326 g/mol. The second-order valence-corrected chi connectivity index (χ2v) is 6.94. The largest absolute Gasteiger partial charge is 0.493 e. The van der Waals surface area contributed by atoms with Crippen molar-refractivity contribution in [3.05, 3.63) is 34.2 Å². The van der Waals surface area contributed by atoms with Gasteiger partial charge in [-0.2, -0.15) is 0 Å². The van der Waals surface area contributed by atoms with Crippen LogP contribution in [0.1, 0.15) is 6.42 Å². The molecule has 1 atom stereocenters. The quantitative estimate of drug-likeness (QED) is 0.843. The van der Waals surface area contributed by atoms with Gasteiger partial charge < -0.3 is 9.47 Å². The minimum absolute atomic E-state index is 0.537. The fourth-order valence-corrected chi connectivity index (χ4v) is 3.22. The van der Waals surface area contributed by atoms with Crippen molar-refractivity contribution in [1.82, 2.24) is 4.98 Å². The van der Waals surface area contributed by atoms with Gasteiger partial charge in [-0.25, -0.2) is 4.98 Å². The Kier molecular flexibility index (Phi) is 4.15. The summed E-state index contributed by atoms with van der Waals surface area (Å²) >= 11 is 5.05. The molecule has 5 heteroatoms. The highest BCUT2D eigenvalue weighted by molar-refractivity contribution is 9.11. The van der Waals surface area contributed by atoms with Crippen molar-refractivity contribution in [2.45, 2.75) is 6.42 Å². The van der Waals surface area contributed by atoms with E-state index in [4.69, 9.17) is 9.47 Å². The molecule has 0 spiro atoms. The molecule has 1 aromatic carbocycles. The molecule has 0 N–H and O–H groups in total. The van der Waals surface area contributed by atoms with Crippen molar-refractivity contribution in [2.24, 2.45) is 5.92 Å². The lowest BCUT2D eigenvalue weighted by atomic mass is 10.1. The normalized spacial score (nSPS) is 18.7. The number of hydrogen-bond donors (Lipinski definition) is 0. The maximum absolute atomic E-state index is 5.78. The van der Waals surface area contributed by atoms with Crippen molar-refractivity contribution in [3.8, 4) is 16.3 Å². The standard InChI is InChI=1S/C14H14BrNO2S/c15-13-7-16-14(19-13)11-1-3-12(4-2-11)18-9-10-5-6-17-8-10/h1-4,7,10H,5-6,8-9H2. The van der Waals surface area contributed by atoms with Gasteiger partial charge in [0, 0.05) is 18.1 Å². The van der Waals surface area contributed by atoms with Crippen molar-refractivity contribution in [2.75, 3.05) is 19.8 Å². The zero-order valence-electron chi connectivity index (χ0n) is 10.3. The van der Waals surface area contributed by atoms with Crippen LogP contribution in [0.2, 0.25) is 0 Å². The van der Waals surface area contributed by atoms with Crippen molar-refractivity contribution in [1.29, 1.82) is 0 Å². The SMILES string of the molecule is Brc1cnc(-c2ccc(OCC3CCOC3)cc2)s1. The number of rotatable bonds is 4. The number of thiazole rings is 1. The van der Waals surface area contributed by atoms with Crippen molar-refractivity contribution >= 4 is 27.3 Å². The highest BCUT2D eigenvalue weighted by Crippen LogP contribution is 2.29. The third kappa shape index (κ3) is 3.35. The Morgan fingerprint density at radius 3 is 2.84 bits per heavy atom. The van der Waals surface area contributed by atoms with Crippen LogP contribution < -0.4 is 4.74 Å². The molecule has 2 aromatic rings. The van der Waals surface area contributed by atoms with Crippen LogP contribution in [-0.4, -0.2) is 24.8 Å². The molecule has 0 saturated carbocycles. The fourth-order valence-electron chi connectivity index (χ4n) is 2.01. The van der Waals surface area contributed by atoms with E-state index in [1.165, 1.54) is 0 Å². The summed E-state index contributed by atoms with van der Waals surface area (Å²) in [5.41, 5.74) is 1.12. The molecule has 1 aliphatic heterocycles. The Morgan fingerprint density at radius 1 is 1.37 bits per heavy atom. The summed E-state index contributed by atoms with van der Waals surface area (Å²) in [6, 6.07) is 8.10. The Balaban J connectivity index is 1.62. The number of ether oxygens (including phenoxy) is 2. The average Bonchev–Trinajstić information content (AvgIpc) is 3.08. The first-order chi connectivity index (χ1) is 9.31. The van der Waals surface area contributed by atoms with Gasteiger partial charge in [0.25, 0.3) is 0 Å². The van der Waals surface area contributed by atoms with Crippen LogP contribution in [0.25, 0.3) is 10.6 Å². The van der Waals surface area contributed by atoms with Gasteiger partial charge in [-0.05, 0) is 46.6 Å². The highest BCUT2D eigenvalue weighted by atomic mass is 79.9. The summed E-state index contributed by atoms with van der Waals surface area (Å²) in [5, 5.41) is 1.02. The molecule has 0 radical (unpaired) electrons. The molecule has 3 rings (SSSR count). The molecule has 100 valence electrons. The van der Waals surface area contributed by atoms with E-state index >= 15 is 0 Å². The van der Waals surface area contributed by atoms with Crippen LogP contribution in [0.15, 0.2) is 34.2 Å². The monoisotopic (exact) mass is 339 g/mol. The topological polar surface area (TPSA) is 31.4 Å². The van der Waals surface area contributed by atoms with E-state index in [1.807, 2.05) is 30.5 Å². The summed E-state index contributed by atoms with van der Waals surface area (Å²) in [4.78, 5) is 4.34. The maximum Gasteiger partial charge on any atom is 0.124 e. The van der Waals surface area contributed by atoms with Gasteiger partial charge in [0.2, 0.25) is 0 Å². The summed E-state index contributed by atoms with van der Waals surface area (Å²) in [5.74, 6) is 1.45. The molecule has 1 fully saturated rings. The maximum atomic E-state index is 5.78. The van der Waals surface area contributed by atoms with E-state index in [-0.39, 0.29) is 0 Å². The third-order valence-corrected chi connectivity index (χ3v) is 4.61. The van der Waals surface area contributed by atoms with Gasteiger partial charge in [-0.1, -0.05) is 0 Å². The fraction of sp³-hybridized carbons (Fsp3) is 0.357. The lowest BCUT2D eigenvalue weighted by Crippen LogP contribution is -2.11. The highest BCUT2D eigenvalue weighted by Gasteiger charge is 2.16. The second-order valence-electron chi connectivity index (χ2n) is 4.53. The van der Waals surface area contributed by atoms with Gasteiger partial charge in [-0.15, -0.1) is 11.3 Å². The second kappa shape index (κ2) is 6.03. The van der Waals surface area contributed by atoms with Gasteiger partial charge in [0.1, 0.15) is 10.8 Å². The molecule has 3 nitrogen and oxygen atoms in total. The molecule has 19 heavy (non-hydrogen) atoms. The first-order valence-corrected chi connectivity index (χ1v) is 7.84. The summed E-state index contributed by atoms with van der Waals surface area (Å²) in [7, 11) is 0. The number of aromatic nitrogens is 1.